The second kappa shape index (κ2) is 11.6. The van der Waals surface area contributed by atoms with Gasteiger partial charge in [-0.05, 0) is 73.7 Å². The average Bonchev–Trinajstić information content (AvgIpc) is 3.13. The van der Waals surface area contributed by atoms with Crippen LogP contribution in [-0.4, -0.2) is 43.2 Å². The topological polar surface area (TPSA) is 53.1 Å². The first-order chi connectivity index (χ1) is 17.7. The van der Waals surface area contributed by atoms with Gasteiger partial charge in [0.05, 0.1) is 22.9 Å². The van der Waals surface area contributed by atoms with Crippen LogP contribution in [0, 0.1) is 6.92 Å². The first kappa shape index (κ1) is 27.0. The Labute approximate surface area is 222 Å². The molecule has 4 rings (SSSR count). The Kier molecular flexibility index (Phi) is 8.45. The number of hydrogen-bond donors (Lipinski definition) is 0. The first-order valence-corrected chi connectivity index (χ1v) is 14.4. The highest BCUT2D eigenvalue weighted by Gasteiger charge is 2.32. The molecule has 0 radical (unpaired) electrons. The summed E-state index contributed by atoms with van der Waals surface area (Å²) in [4.78, 5) is 7.04. The lowest BCUT2D eigenvalue weighted by molar-refractivity contribution is 0.306. The molecule has 0 saturated heterocycles. The molecule has 0 aliphatic carbocycles. The Morgan fingerprint density at radius 1 is 0.811 bits per heavy atom. The SMILES string of the molecule is Cc1ccc(S(=O)(=O)OCCCCCCc2ccc3c(c2)N(C)C(c2ccc(N(C)C)cc2)N3C)cc1. The fraction of sp³-hybridized carbons (Fsp3) is 0.400. The van der Waals surface area contributed by atoms with Crippen LogP contribution in [0.2, 0.25) is 0 Å². The number of unbranched alkanes of at least 4 members (excludes halogenated alkanes) is 3. The van der Waals surface area contributed by atoms with Gasteiger partial charge in [-0.3, -0.25) is 4.18 Å². The summed E-state index contributed by atoms with van der Waals surface area (Å²) < 4.78 is 29.8. The van der Waals surface area contributed by atoms with Gasteiger partial charge in [0.15, 0.2) is 0 Å². The Morgan fingerprint density at radius 3 is 2.14 bits per heavy atom. The summed E-state index contributed by atoms with van der Waals surface area (Å²) in [6.07, 6.45) is 4.98. The van der Waals surface area contributed by atoms with Crippen molar-refractivity contribution < 1.29 is 12.6 Å². The van der Waals surface area contributed by atoms with Gasteiger partial charge in [-0.2, -0.15) is 8.42 Å². The fourth-order valence-electron chi connectivity index (χ4n) is 4.95. The van der Waals surface area contributed by atoms with E-state index in [0.717, 1.165) is 37.7 Å². The van der Waals surface area contributed by atoms with Crippen LogP contribution in [-0.2, 0) is 20.7 Å². The molecule has 1 heterocycles. The molecule has 3 aromatic rings. The third kappa shape index (κ3) is 6.28. The first-order valence-electron chi connectivity index (χ1n) is 13.0. The number of aryl methyl sites for hydroxylation is 2. The number of benzene rings is 3. The van der Waals surface area contributed by atoms with E-state index >= 15 is 0 Å². The van der Waals surface area contributed by atoms with Crippen LogP contribution in [0.4, 0.5) is 17.1 Å². The monoisotopic (exact) mass is 521 g/mol. The Bertz CT molecular complexity index is 1290. The molecule has 3 aromatic carbocycles. The number of hydrogen-bond acceptors (Lipinski definition) is 6. The van der Waals surface area contributed by atoms with Gasteiger partial charge in [-0.25, -0.2) is 0 Å². The second-order valence-corrected chi connectivity index (χ2v) is 11.8. The number of rotatable bonds is 11. The van der Waals surface area contributed by atoms with E-state index in [2.05, 4.69) is 85.4 Å². The van der Waals surface area contributed by atoms with Gasteiger partial charge in [-0.1, -0.05) is 48.7 Å². The predicted molar refractivity (Wildman–Crippen MR) is 153 cm³/mol. The van der Waals surface area contributed by atoms with E-state index in [9.17, 15) is 8.42 Å². The molecule has 1 aliphatic rings. The summed E-state index contributed by atoms with van der Waals surface area (Å²) in [7, 11) is 4.78. The average molecular weight is 522 g/mol. The zero-order chi connectivity index (χ0) is 26.6. The van der Waals surface area contributed by atoms with Crippen molar-refractivity contribution in [3.8, 4) is 0 Å². The van der Waals surface area contributed by atoms with Crippen LogP contribution in [0.3, 0.4) is 0 Å². The van der Waals surface area contributed by atoms with Gasteiger partial charge in [0.1, 0.15) is 6.17 Å². The third-order valence-corrected chi connectivity index (χ3v) is 8.48. The minimum Gasteiger partial charge on any atom is -0.378 e. The highest BCUT2D eigenvalue weighted by molar-refractivity contribution is 7.86. The quantitative estimate of drug-likeness (QED) is 0.223. The number of nitrogens with zero attached hydrogens (tertiary/aromatic N) is 3. The molecule has 6 nitrogen and oxygen atoms in total. The van der Waals surface area contributed by atoms with Crippen molar-refractivity contribution in [3.05, 3.63) is 83.4 Å². The van der Waals surface area contributed by atoms with Crippen LogP contribution >= 0.6 is 0 Å². The molecule has 0 saturated carbocycles. The fourth-order valence-corrected chi connectivity index (χ4v) is 5.89. The normalized spacial score (nSPS) is 15.2. The Hall–Kier alpha value is -3.03. The van der Waals surface area contributed by atoms with Crippen molar-refractivity contribution in [1.82, 2.24) is 0 Å². The van der Waals surface area contributed by atoms with Crippen molar-refractivity contribution in [1.29, 1.82) is 0 Å². The van der Waals surface area contributed by atoms with E-state index in [1.807, 2.05) is 6.92 Å². The van der Waals surface area contributed by atoms with Gasteiger partial charge >= 0.3 is 0 Å². The summed E-state index contributed by atoms with van der Waals surface area (Å²) in [6.45, 7) is 2.15. The van der Waals surface area contributed by atoms with Gasteiger partial charge < -0.3 is 14.7 Å². The van der Waals surface area contributed by atoms with E-state index in [-0.39, 0.29) is 17.7 Å². The predicted octanol–water partition coefficient (Wildman–Crippen LogP) is 6.15. The molecule has 1 atom stereocenters. The lowest BCUT2D eigenvalue weighted by atomic mass is 10.0. The van der Waals surface area contributed by atoms with Crippen LogP contribution in [0.5, 0.6) is 0 Å². The summed E-state index contributed by atoms with van der Waals surface area (Å²) in [5.41, 5.74) is 7.35. The number of fused-ring (bicyclic) bond motifs is 1. The molecule has 0 fully saturated rings. The molecule has 0 spiro atoms. The van der Waals surface area contributed by atoms with Crippen LogP contribution < -0.4 is 14.7 Å². The van der Waals surface area contributed by atoms with Gasteiger partial charge in [0.25, 0.3) is 10.1 Å². The van der Waals surface area contributed by atoms with Crippen molar-refractivity contribution in [2.45, 2.75) is 50.1 Å². The molecule has 0 N–H and O–H groups in total. The van der Waals surface area contributed by atoms with E-state index in [1.54, 1.807) is 24.3 Å². The summed E-state index contributed by atoms with van der Waals surface area (Å²) in [6, 6.07) is 22.3. The molecule has 7 heteroatoms. The zero-order valence-corrected chi connectivity index (χ0v) is 23.5. The maximum Gasteiger partial charge on any atom is 0.296 e. The smallest absolute Gasteiger partial charge is 0.296 e. The molecule has 1 unspecified atom stereocenters. The summed E-state index contributed by atoms with van der Waals surface area (Å²) >= 11 is 0. The highest BCUT2D eigenvalue weighted by Crippen LogP contribution is 2.45. The van der Waals surface area contributed by atoms with E-state index in [1.165, 1.54) is 28.2 Å². The minimum absolute atomic E-state index is 0.178. The minimum atomic E-state index is -3.67. The largest absolute Gasteiger partial charge is 0.378 e. The van der Waals surface area contributed by atoms with Crippen LogP contribution in [0.1, 0.15) is 48.5 Å². The van der Waals surface area contributed by atoms with Crippen molar-refractivity contribution in [3.63, 3.8) is 0 Å². The van der Waals surface area contributed by atoms with Crippen LogP contribution in [0.15, 0.2) is 71.6 Å². The van der Waals surface area contributed by atoms with E-state index in [4.69, 9.17) is 4.18 Å². The molecule has 198 valence electrons. The maximum absolute atomic E-state index is 12.3. The highest BCUT2D eigenvalue weighted by atomic mass is 32.2. The summed E-state index contributed by atoms with van der Waals surface area (Å²) in [5.74, 6) is 0. The number of anilines is 3. The van der Waals surface area contributed by atoms with E-state index < -0.39 is 10.1 Å². The molecule has 0 amide bonds. The molecule has 37 heavy (non-hydrogen) atoms. The van der Waals surface area contributed by atoms with Crippen molar-refractivity contribution >= 4 is 27.2 Å². The lowest BCUT2D eigenvalue weighted by Gasteiger charge is -2.28. The van der Waals surface area contributed by atoms with Crippen molar-refractivity contribution in [2.24, 2.45) is 0 Å². The molecule has 0 aromatic heterocycles. The molecular weight excluding hydrogens is 482 g/mol. The second-order valence-electron chi connectivity index (χ2n) is 10.2. The third-order valence-electron chi connectivity index (χ3n) is 7.15. The zero-order valence-electron chi connectivity index (χ0n) is 22.6. The molecule has 1 aliphatic heterocycles. The Morgan fingerprint density at radius 2 is 1.46 bits per heavy atom. The van der Waals surface area contributed by atoms with Gasteiger partial charge in [0.2, 0.25) is 0 Å². The molecular formula is C30H39N3O3S. The standard InChI is InChI=1S/C30H39N3O3S/c1-23-11-18-27(19-12-23)37(34,35)36-21-9-7-6-8-10-24-13-20-28-29(22-24)33(5)30(32(28)4)25-14-16-26(17-15-25)31(2)3/h11-20,22,30H,6-10,21H2,1-5H3. The lowest BCUT2D eigenvalue weighted by Crippen LogP contribution is -2.30. The van der Waals surface area contributed by atoms with E-state index in [0.29, 0.717) is 0 Å². The van der Waals surface area contributed by atoms with Gasteiger partial charge in [-0.15, -0.1) is 0 Å². The summed E-state index contributed by atoms with van der Waals surface area (Å²) in [5, 5.41) is 0. The van der Waals surface area contributed by atoms with Crippen molar-refractivity contribution in [2.75, 3.05) is 49.5 Å². The Balaban J connectivity index is 1.24. The molecule has 0 bridgehead atoms. The van der Waals surface area contributed by atoms with Crippen LogP contribution in [0.25, 0.3) is 0 Å². The van der Waals surface area contributed by atoms with Gasteiger partial charge in [0, 0.05) is 33.9 Å². The maximum atomic E-state index is 12.3.